The summed E-state index contributed by atoms with van der Waals surface area (Å²) < 4.78 is 0. The van der Waals surface area contributed by atoms with E-state index < -0.39 is 0 Å². The van der Waals surface area contributed by atoms with Crippen LogP contribution in [-0.4, -0.2) is 33.6 Å². The van der Waals surface area contributed by atoms with Crippen LogP contribution in [0.25, 0.3) is 0 Å². The second kappa shape index (κ2) is 2.98. The molecule has 4 heteroatoms. The number of carbonyl (C=O) groups is 1. The highest BCUT2D eigenvalue weighted by Crippen LogP contribution is 2.42. The minimum absolute atomic E-state index is 0.299. The second-order valence-electron chi connectivity index (χ2n) is 3.63. The molecule has 0 N–H and O–H groups in total. The number of nitrogens with zero attached hydrogens (tertiary/aromatic N) is 1. The molecule has 0 radical (unpaired) electrons. The molecule has 1 amide bonds. The summed E-state index contributed by atoms with van der Waals surface area (Å²) in [6.07, 6.45) is 2.08. The van der Waals surface area contributed by atoms with Crippen molar-refractivity contribution in [3.8, 4) is 0 Å². The first-order chi connectivity index (χ1) is 5.61. The van der Waals surface area contributed by atoms with E-state index >= 15 is 0 Å². The van der Waals surface area contributed by atoms with Crippen LogP contribution in [0.2, 0.25) is 0 Å². The largest absolute Gasteiger partial charge is 0.342 e. The summed E-state index contributed by atoms with van der Waals surface area (Å²) in [5, 5.41) is 0. The van der Waals surface area contributed by atoms with E-state index in [1.165, 1.54) is 0 Å². The molecule has 0 bridgehead atoms. The van der Waals surface area contributed by atoms with Crippen LogP contribution in [0.3, 0.4) is 0 Å². The van der Waals surface area contributed by atoms with Crippen molar-refractivity contribution in [3.63, 3.8) is 0 Å². The number of hydrogen-bond donors (Lipinski definition) is 0. The number of rotatable bonds is 0. The molecule has 0 unspecified atom stereocenters. The van der Waals surface area contributed by atoms with E-state index in [1.807, 2.05) is 11.9 Å². The molecule has 2 fully saturated rings. The molecular weight excluding hydrogens is 286 g/mol. The third-order valence-electron chi connectivity index (χ3n) is 2.96. The number of hydrogen-bond acceptors (Lipinski definition) is 1. The average molecular weight is 297 g/mol. The zero-order valence-corrected chi connectivity index (χ0v) is 10.0. The molecule has 1 aliphatic heterocycles. The first-order valence-electron chi connectivity index (χ1n) is 4.16. The molecule has 1 saturated carbocycles. The monoisotopic (exact) mass is 295 g/mol. The fourth-order valence-electron chi connectivity index (χ4n) is 2.13. The highest BCUT2D eigenvalue weighted by atomic mass is 79.9. The Morgan fingerprint density at radius 2 is 1.92 bits per heavy atom. The van der Waals surface area contributed by atoms with E-state index in [0.29, 0.717) is 27.5 Å². The number of amides is 1. The number of fused-ring (bicyclic) bond motifs is 1. The van der Waals surface area contributed by atoms with E-state index in [4.69, 9.17) is 0 Å². The number of β-lactam (4-membered cyclic amide) rings is 1. The lowest BCUT2D eigenvalue weighted by atomic mass is 9.76. The summed E-state index contributed by atoms with van der Waals surface area (Å²) >= 11 is 7.20. The lowest BCUT2D eigenvalue weighted by Crippen LogP contribution is -2.62. The number of alkyl halides is 2. The summed E-state index contributed by atoms with van der Waals surface area (Å²) in [6.45, 7) is 0. The Labute approximate surface area is 88.9 Å². The number of likely N-dealkylation sites (tertiary alicyclic amines) is 1. The molecule has 68 valence electrons. The molecular formula is C8H11Br2NO. The zero-order chi connectivity index (χ0) is 8.88. The van der Waals surface area contributed by atoms with Crippen LogP contribution in [-0.2, 0) is 4.79 Å². The Bertz CT molecular complexity index is 221. The Kier molecular flexibility index (Phi) is 2.24. The Balaban J connectivity index is 2.07. The van der Waals surface area contributed by atoms with Crippen LogP contribution in [0.15, 0.2) is 0 Å². The molecule has 2 aliphatic rings. The summed E-state index contributed by atoms with van der Waals surface area (Å²) in [7, 11) is 1.90. The zero-order valence-electron chi connectivity index (χ0n) is 6.84. The maximum Gasteiger partial charge on any atom is 0.227 e. The van der Waals surface area contributed by atoms with E-state index in [2.05, 4.69) is 31.9 Å². The van der Waals surface area contributed by atoms with Crippen molar-refractivity contribution in [2.75, 3.05) is 7.05 Å². The van der Waals surface area contributed by atoms with Gasteiger partial charge in [-0.25, -0.2) is 0 Å². The Morgan fingerprint density at radius 3 is 2.58 bits per heavy atom. The topological polar surface area (TPSA) is 20.3 Å². The summed E-state index contributed by atoms with van der Waals surface area (Å²) in [5.74, 6) is 0.622. The van der Waals surface area contributed by atoms with Crippen LogP contribution in [0.5, 0.6) is 0 Å². The predicted molar refractivity (Wildman–Crippen MR) is 54.7 cm³/mol. The van der Waals surface area contributed by atoms with Gasteiger partial charge in [0.05, 0.1) is 5.92 Å². The molecule has 2 rings (SSSR count). The van der Waals surface area contributed by atoms with Crippen molar-refractivity contribution in [2.45, 2.75) is 28.5 Å². The van der Waals surface area contributed by atoms with E-state index in [9.17, 15) is 4.79 Å². The van der Waals surface area contributed by atoms with Gasteiger partial charge in [0, 0.05) is 22.7 Å². The van der Waals surface area contributed by atoms with Gasteiger partial charge in [0.2, 0.25) is 5.91 Å². The smallest absolute Gasteiger partial charge is 0.227 e. The molecule has 1 aliphatic carbocycles. The van der Waals surface area contributed by atoms with Crippen LogP contribution >= 0.6 is 31.9 Å². The van der Waals surface area contributed by atoms with E-state index in [-0.39, 0.29) is 0 Å². The van der Waals surface area contributed by atoms with Gasteiger partial charge in [-0.15, -0.1) is 0 Å². The maximum absolute atomic E-state index is 11.3. The minimum atomic E-state index is 0.299. The van der Waals surface area contributed by atoms with Crippen molar-refractivity contribution in [1.82, 2.24) is 4.90 Å². The standard InChI is InChI=1S/C8H11Br2NO/c1-11-7-3-6(10)5(9)2-4(7)8(11)12/h4-7H,2-3H2,1H3/t4-,5+,6+,7+/m1/s1. The average Bonchev–Trinajstić information content (AvgIpc) is 2.08. The van der Waals surface area contributed by atoms with Crippen LogP contribution in [0, 0.1) is 5.92 Å². The number of halogens is 2. The molecule has 0 aromatic carbocycles. The van der Waals surface area contributed by atoms with Gasteiger partial charge in [-0.1, -0.05) is 31.9 Å². The number of carbonyl (C=O) groups excluding carboxylic acids is 1. The maximum atomic E-state index is 11.3. The fraction of sp³-hybridized carbons (Fsp3) is 0.875. The van der Waals surface area contributed by atoms with Crippen LogP contribution < -0.4 is 0 Å². The Morgan fingerprint density at radius 1 is 1.33 bits per heavy atom. The van der Waals surface area contributed by atoms with Crippen LogP contribution in [0.4, 0.5) is 0 Å². The highest BCUT2D eigenvalue weighted by molar-refractivity contribution is 9.12. The molecule has 0 spiro atoms. The van der Waals surface area contributed by atoms with Crippen molar-refractivity contribution in [1.29, 1.82) is 0 Å². The van der Waals surface area contributed by atoms with E-state index in [1.54, 1.807) is 0 Å². The third-order valence-corrected chi connectivity index (χ3v) is 5.70. The molecule has 1 saturated heterocycles. The van der Waals surface area contributed by atoms with Crippen molar-refractivity contribution in [2.24, 2.45) is 5.92 Å². The minimum Gasteiger partial charge on any atom is -0.342 e. The lowest BCUT2D eigenvalue weighted by Gasteiger charge is -2.50. The van der Waals surface area contributed by atoms with Gasteiger partial charge in [0.15, 0.2) is 0 Å². The van der Waals surface area contributed by atoms with Crippen LogP contribution in [0.1, 0.15) is 12.8 Å². The van der Waals surface area contributed by atoms with Gasteiger partial charge in [-0.2, -0.15) is 0 Å². The van der Waals surface area contributed by atoms with Gasteiger partial charge in [-0.3, -0.25) is 4.79 Å². The van der Waals surface area contributed by atoms with Gasteiger partial charge < -0.3 is 4.90 Å². The fourth-order valence-corrected chi connectivity index (χ4v) is 3.34. The molecule has 12 heavy (non-hydrogen) atoms. The quantitative estimate of drug-likeness (QED) is 0.493. The normalized spacial score (nSPS) is 46.9. The molecule has 0 aromatic heterocycles. The predicted octanol–water partition coefficient (Wildman–Crippen LogP) is 1.76. The van der Waals surface area contributed by atoms with Gasteiger partial charge in [-0.05, 0) is 12.8 Å². The second-order valence-corrected chi connectivity index (χ2v) is 5.98. The summed E-state index contributed by atoms with van der Waals surface area (Å²) in [5.41, 5.74) is 0. The van der Waals surface area contributed by atoms with Crippen molar-refractivity contribution in [3.05, 3.63) is 0 Å². The van der Waals surface area contributed by atoms with Crippen molar-refractivity contribution >= 4 is 37.8 Å². The lowest BCUT2D eigenvalue weighted by molar-refractivity contribution is -0.155. The third kappa shape index (κ3) is 1.15. The summed E-state index contributed by atoms with van der Waals surface area (Å²) in [6, 6.07) is 0.496. The molecule has 4 atom stereocenters. The Hall–Kier alpha value is 0.430. The van der Waals surface area contributed by atoms with Crippen molar-refractivity contribution < 1.29 is 4.79 Å². The highest BCUT2D eigenvalue weighted by Gasteiger charge is 2.50. The molecule has 2 nitrogen and oxygen atoms in total. The van der Waals surface area contributed by atoms with Gasteiger partial charge in [0.25, 0.3) is 0 Å². The summed E-state index contributed by atoms with van der Waals surface area (Å²) in [4.78, 5) is 14.2. The van der Waals surface area contributed by atoms with E-state index in [0.717, 1.165) is 12.8 Å². The first kappa shape index (κ1) is 9.00. The molecule has 1 heterocycles. The first-order valence-corrected chi connectivity index (χ1v) is 5.99. The van der Waals surface area contributed by atoms with Gasteiger partial charge >= 0.3 is 0 Å². The molecule has 0 aromatic rings. The van der Waals surface area contributed by atoms with Gasteiger partial charge in [0.1, 0.15) is 0 Å². The SMILES string of the molecule is CN1C(=O)[C@@H]2C[C@H](Br)[C@@H](Br)C[C@@H]21.